The van der Waals surface area contributed by atoms with Gasteiger partial charge in [0.05, 0.1) is 6.61 Å². The molecule has 0 saturated heterocycles. The van der Waals surface area contributed by atoms with Gasteiger partial charge in [-0.05, 0) is 37.2 Å². The Bertz CT molecular complexity index is 305. The number of hydrogen-bond donors (Lipinski definition) is 0. The number of aromatic nitrogens is 2. The minimum atomic E-state index is 0.566. The second kappa shape index (κ2) is 4.92. The fourth-order valence-corrected chi connectivity index (χ4v) is 2.85. The highest BCUT2D eigenvalue weighted by Crippen LogP contribution is 2.36. The summed E-state index contributed by atoms with van der Waals surface area (Å²) in [6, 6.07) is 0.566. The van der Waals surface area contributed by atoms with E-state index in [4.69, 9.17) is 4.74 Å². The van der Waals surface area contributed by atoms with E-state index in [1.807, 2.05) is 6.92 Å². The van der Waals surface area contributed by atoms with Crippen LogP contribution < -0.4 is 4.74 Å². The van der Waals surface area contributed by atoms with Crippen molar-refractivity contribution in [3.63, 3.8) is 0 Å². The maximum Gasteiger partial charge on any atom is 0.328 e. The van der Waals surface area contributed by atoms with Gasteiger partial charge < -0.3 is 4.74 Å². The molecule has 0 unspecified atom stereocenters. The minimum Gasteiger partial charge on any atom is -0.463 e. The quantitative estimate of drug-likeness (QED) is 0.793. The van der Waals surface area contributed by atoms with E-state index in [1.165, 1.54) is 42.2 Å². The first-order valence-electron chi connectivity index (χ1n) is 5.76. The highest BCUT2D eigenvalue weighted by atomic mass is 32.1. The van der Waals surface area contributed by atoms with E-state index in [0.29, 0.717) is 18.5 Å². The molecule has 0 N–H and O–H groups in total. The smallest absolute Gasteiger partial charge is 0.328 e. The lowest BCUT2D eigenvalue weighted by molar-refractivity contribution is 0.312. The van der Waals surface area contributed by atoms with Crippen LogP contribution >= 0.6 is 11.5 Å². The highest BCUT2D eigenvalue weighted by molar-refractivity contribution is 7.05. The van der Waals surface area contributed by atoms with Gasteiger partial charge in [0.2, 0.25) is 0 Å². The summed E-state index contributed by atoms with van der Waals surface area (Å²) in [6.45, 7) is 4.95. The normalized spacial score (nSPS) is 26.5. The fourth-order valence-electron chi connectivity index (χ4n) is 2.08. The van der Waals surface area contributed by atoms with Crippen LogP contribution in [0.5, 0.6) is 6.01 Å². The highest BCUT2D eigenvalue weighted by Gasteiger charge is 2.22. The standard InChI is InChI=1S/C11H18N2OS/c1-3-14-11-12-10(15-13-11)9-6-4-8(2)5-7-9/h8-9H,3-7H2,1-2H3. The lowest BCUT2D eigenvalue weighted by Gasteiger charge is -2.23. The SMILES string of the molecule is CCOc1nsc(C2CCC(C)CC2)n1. The molecular weight excluding hydrogens is 208 g/mol. The summed E-state index contributed by atoms with van der Waals surface area (Å²) in [5, 5.41) is 1.17. The third kappa shape index (κ3) is 2.68. The van der Waals surface area contributed by atoms with Gasteiger partial charge in [0.15, 0.2) is 0 Å². The van der Waals surface area contributed by atoms with Gasteiger partial charge in [-0.2, -0.15) is 4.98 Å². The Kier molecular flexibility index (Phi) is 3.57. The Hall–Kier alpha value is -0.640. The third-order valence-corrected chi connectivity index (χ3v) is 3.92. The van der Waals surface area contributed by atoms with Crippen molar-refractivity contribution in [2.75, 3.05) is 6.61 Å². The minimum absolute atomic E-state index is 0.566. The zero-order valence-corrected chi connectivity index (χ0v) is 10.2. The van der Waals surface area contributed by atoms with E-state index < -0.39 is 0 Å². The van der Waals surface area contributed by atoms with Crippen LogP contribution in [-0.2, 0) is 0 Å². The zero-order chi connectivity index (χ0) is 10.7. The zero-order valence-electron chi connectivity index (χ0n) is 9.40. The number of rotatable bonds is 3. The Morgan fingerprint density at radius 2 is 2.07 bits per heavy atom. The van der Waals surface area contributed by atoms with Crippen molar-refractivity contribution in [3.8, 4) is 6.01 Å². The Balaban J connectivity index is 1.96. The van der Waals surface area contributed by atoms with Gasteiger partial charge in [-0.25, -0.2) is 0 Å². The van der Waals surface area contributed by atoms with Crippen LogP contribution in [-0.4, -0.2) is 16.0 Å². The molecule has 0 amide bonds. The summed E-state index contributed by atoms with van der Waals surface area (Å²) >= 11 is 1.51. The Morgan fingerprint density at radius 1 is 1.33 bits per heavy atom. The average Bonchev–Trinajstić information content (AvgIpc) is 2.68. The van der Waals surface area contributed by atoms with Crippen LogP contribution in [0.3, 0.4) is 0 Å². The molecule has 1 aliphatic rings. The summed E-state index contributed by atoms with van der Waals surface area (Å²) in [4.78, 5) is 4.43. The lowest BCUT2D eigenvalue weighted by Crippen LogP contribution is -2.10. The molecule has 1 fully saturated rings. The number of nitrogens with zero attached hydrogens (tertiary/aromatic N) is 2. The summed E-state index contributed by atoms with van der Waals surface area (Å²) in [5.74, 6) is 1.52. The van der Waals surface area contributed by atoms with Crippen molar-refractivity contribution in [1.29, 1.82) is 0 Å². The van der Waals surface area contributed by atoms with Crippen LogP contribution in [0.15, 0.2) is 0 Å². The van der Waals surface area contributed by atoms with Gasteiger partial charge >= 0.3 is 6.01 Å². The average molecular weight is 226 g/mol. The molecular formula is C11H18N2OS. The van der Waals surface area contributed by atoms with Crippen molar-refractivity contribution in [1.82, 2.24) is 9.36 Å². The van der Waals surface area contributed by atoms with E-state index in [1.54, 1.807) is 0 Å². The molecule has 0 spiro atoms. The molecule has 0 aliphatic heterocycles. The second-order valence-electron chi connectivity index (χ2n) is 4.30. The molecule has 4 heteroatoms. The van der Waals surface area contributed by atoms with E-state index in [2.05, 4.69) is 16.3 Å². The third-order valence-electron chi connectivity index (χ3n) is 3.06. The van der Waals surface area contributed by atoms with E-state index >= 15 is 0 Å². The molecule has 3 nitrogen and oxygen atoms in total. The fraction of sp³-hybridized carbons (Fsp3) is 0.818. The first kappa shape index (κ1) is 10.9. The van der Waals surface area contributed by atoms with Crippen LogP contribution in [0.25, 0.3) is 0 Å². The Labute approximate surface area is 95.0 Å². The molecule has 15 heavy (non-hydrogen) atoms. The van der Waals surface area contributed by atoms with Gasteiger partial charge in [0, 0.05) is 5.92 Å². The summed E-state index contributed by atoms with van der Waals surface area (Å²) in [6.07, 6.45) is 5.19. The summed E-state index contributed by atoms with van der Waals surface area (Å²) in [5.41, 5.74) is 0. The van der Waals surface area contributed by atoms with Gasteiger partial charge in [0.25, 0.3) is 0 Å². The number of ether oxygens (including phenoxy) is 1. The first-order chi connectivity index (χ1) is 7.29. The second-order valence-corrected chi connectivity index (χ2v) is 5.09. The van der Waals surface area contributed by atoms with Gasteiger partial charge in [0.1, 0.15) is 5.01 Å². The van der Waals surface area contributed by atoms with E-state index in [-0.39, 0.29) is 0 Å². The van der Waals surface area contributed by atoms with Crippen LogP contribution in [0, 0.1) is 5.92 Å². The molecule has 1 heterocycles. The first-order valence-corrected chi connectivity index (χ1v) is 6.53. The Morgan fingerprint density at radius 3 is 2.73 bits per heavy atom. The molecule has 2 rings (SSSR count). The molecule has 1 aliphatic carbocycles. The van der Waals surface area contributed by atoms with Crippen molar-refractivity contribution in [2.24, 2.45) is 5.92 Å². The molecule has 0 aromatic carbocycles. The van der Waals surface area contributed by atoms with Crippen molar-refractivity contribution >= 4 is 11.5 Å². The summed E-state index contributed by atoms with van der Waals surface area (Å²) in [7, 11) is 0. The van der Waals surface area contributed by atoms with Crippen molar-refractivity contribution < 1.29 is 4.74 Å². The largest absolute Gasteiger partial charge is 0.463 e. The van der Waals surface area contributed by atoms with Crippen LogP contribution in [0.2, 0.25) is 0 Å². The summed E-state index contributed by atoms with van der Waals surface area (Å²) < 4.78 is 9.50. The molecule has 0 atom stereocenters. The van der Waals surface area contributed by atoms with E-state index in [9.17, 15) is 0 Å². The molecule has 84 valence electrons. The monoisotopic (exact) mass is 226 g/mol. The molecule has 1 aromatic heterocycles. The van der Waals surface area contributed by atoms with Gasteiger partial charge in [-0.15, -0.1) is 4.37 Å². The van der Waals surface area contributed by atoms with Crippen molar-refractivity contribution in [2.45, 2.75) is 45.4 Å². The maximum atomic E-state index is 5.29. The predicted molar refractivity (Wildman–Crippen MR) is 61.5 cm³/mol. The molecule has 1 saturated carbocycles. The lowest BCUT2D eigenvalue weighted by atomic mass is 9.83. The maximum absolute atomic E-state index is 5.29. The predicted octanol–water partition coefficient (Wildman–Crippen LogP) is 3.23. The van der Waals surface area contributed by atoms with Crippen LogP contribution in [0.1, 0.15) is 50.5 Å². The van der Waals surface area contributed by atoms with Crippen LogP contribution in [0.4, 0.5) is 0 Å². The molecule has 0 bridgehead atoms. The van der Waals surface area contributed by atoms with Crippen molar-refractivity contribution in [3.05, 3.63) is 5.01 Å². The van der Waals surface area contributed by atoms with E-state index in [0.717, 1.165) is 5.92 Å². The molecule has 0 radical (unpaired) electrons. The topological polar surface area (TPSA) is 35.0 Å². The number of hydrogen-bond acceptors (Lipinski definition) is 4. The van der Waals surface area contributed by atoms with Gasteiger partial charge in [-0.3, -0.25) is 0 Å². The molecule has 1 aromatic rings. The van der Waals surface area contributed by atoms with Gasteiger partial charge in [-0.1, -0.05) is 19.8 Å².